The number of aromatic amines is 1. The second-order valence-electron chi connectivity index (χ2n) is 9.71. The average Bonchev–Trinajstić information content (AvgIpc) is 3.45. The fraction of sp³-hybridized carbons (Fsp3) is 0.346. The highest BCUT2D eigenvalue weighted by Gasteiger charge is 2.20. The van der Waals surface area contributed by atoms with Crippen LogP contribution in [0.5, 0.6) is 0 Å². The third-order valence-corrected chi connectivity index (χ3v) is 6.84. The number of thiazole rings is 1. The van der Waals surface area contributed by atoms with Crippen LogP contribution in [0.3, 0.4) is 0 Å². The Bertz CT molecular complexity index is 1360. The predicted octanol–water partition coefficient (Wildman–Crippen LogP) is 5.31. The maximum absolute atomic E-state index is 12.6. The Morgan fingerprint density at radius 1 is 1.21 bits per heavy atom. The molecule has 0 bridgehead atoms. The van der Waals surface area contributed by atoms with Crippen molar-refractivity contribution in [3.63, 3.8) is 0 Å². The Kier molecular flexibility index (Phi) is 6.10. The van der Waals surface area contributed by atoms with Crippen molar-refractivity contribution in [2.75, 3.05) is 25.0 Å². The monoisotopic (exact) mass is 474 g/mol. The molecule has 0 saturated carbocycles. The van der Waals surface area contributed by atoms with Crippen LogP contribution >= 0.6 is 11.3 Å². The van der Waals surface area contributed by atoms with Gasteiger partial charge in [-0.05, 0) is 63.1 Å². The number of benzene rings is 1. The van der Waals surface area contributed by atoms with Gasteiger partial charge in [-0.3, -0.25) is 4.79 Å². The van der Waals surface area contributed by atoms with E-state index in [1.807, 2.05) is 34.8 Å². The van der Waals surface area contributed by atoms with E-state index < -0.39 is 0 Å². The Morgan fingerprint density at radius 3 is 2.88 bits per heavy atom. The predicted molar refractivity (Wildman–Crippen MR) is 141 cm³/mol. The van der Waals surface area contributed by atoms with Crippen molar-refractivity contribution in [1.29, 1.82) is 0 Å². The molecule has 0 unspecified atom stereocenters. The Hall–Kier alpha value is -3.23. The van der Waals surface area contributed by atoms with Crippen molar-refractivity contribution in [1.82, 2.24) is 25.2 Å². The topological polar surface area (TPSA) is 85.9 Å². The van der Waals surface area contributed by atoms with Crippen LogP contribution in [0.2, 0.25) is 0 Å². The molecule has 3 N–H and O–H groups in total. The van der Waals surface area contributed by atoms with E-state index in [4.69, 9.17) is 0 Å². The molecule has 7 nitrogen and oxygen atoms in total. The second-order valence-corrected chi connectivity index (χ2v) is 10.6. The van der Waals surface area contributed by atoms with Crippen molar-refractivity contribution < 1.29 is 4.79 Å². The van der Waals surface area contributed by atoms with E-state index in [-0.39, 0.29) is 11.4 Å². The number of fused-ring (bicyclic) bond motifs is 2. The minimum atomic E-state index is 0.0283. The summed E-state index contributed by atoms with van der Waals surface area (Å²) in [5, 5.41) is 7.98. The maximum Gasteiger partial charge on any atom is 0.224 e. The molecule has 3 aromatic heterocycles. The number of hydrogen-bond acceptors (Lipinski definition) is 6. The van der Waals surface area contributed by atoms with Crippen molar-refractivity contribution in [2.45, 2.75) is 39.2 Å². The number of anilines is 2. The molecule has 1 aliphatic rings. The number of rotatable bonds is 6. The summed E-state index contributed by atoms with van der Waals surface area (Å²) < 4.78 is 1.16. The highest BCUT2D eigenvalue weighted by molar-refractivity contribution is 7.16. The smallest absolute Gasteiger partial charge is 0.224 e. The minimum Gasteiger partial charge on any atom is -0.355 e. The second kappa shape index (κ2) is 9.19. The van der Waals surface area contributed by atoms with Gasteiger partial charge in [-0.25, -0.2) is 9.97 Å². The molecule has 0 saturated heterocycles. The summed E-state index contributed by atoms with van der Waals surface area (Å²) in [6, 6.07) is 10.4. The molecule has 4 heterocycles. The number of aromatic nitrogens is 3. The van der Waals surface area contributed by atoms with Crippen LogP contribution in [0.1, 0.15) is 39.3 Å². The summed E-state index contributed by atoms with van der Waals surface area (Å²) >= 11 is 1.64. The Balaban J connectivity index is 1.29. The Labute approximate surface area is 203 Å². The summed E-state index contributed by atoms with van der Waals surface area (Å²) in [6.45, 7) is 8.43. The first-order chi connectivity index (χ1) is 16.4. The van der Waals surface area contributed by atoms with E-state index in [2.05, 4.69) is 64.6 Å². The van der Waals surface area contributed by atoms with Gasteiger partial charge in [-0.1, -0.05) is 6.08 Å². The normalized spacial score (nSPS) is 14.6. The lowest BCUT2D eigenvalue weighted by Crippen LogP contribution is -2.40. The van der Waals surface area contributed by atoms with Crippen LogP contribution < -0.4 is 10.6 Å². The molecule has 34 heavy (non-hydrogen) atoms. The molecule has 1 aromatic carbocycles. The number of nitrogens with one attached hydrogen (secondary N) is 3. The summed E-state index contributed by atoms with van der Waals surface area (Å²) in [5.41, 5.74) is 8.10. The number of carbonyl (C=O) groups is 1. The number of nitrogens with zero attached hydrogens (tertiary/aromatic N) is 3. The SMILES string of the molecule is CC(C)(C)NCCC(=O)N1CC=C(c2cc3c(Nc4ccc5ncsc5c4)ccnc3[nH]2)CC1. The van der Waals surface area contributed by atoms with Crippen LogP contribution in [-0.2, 0) is 4.79 Å². The van der Waals surface area contributed by atoms with Gasteiger partial charge in [0, 0.05) is 54.6 Å². The molecule has 176 valence electrons. The largest absolute Gasteiger partial charge is 0.355 e. The number of H-pyrrole nitrogens is 1. The van der Waals surface area contributed by atoms with Gasteiger partial charge in [0.2, 0.25) is 5.91 Å². The summed E-state index contributed by atoms with van der Waals surface area (Å²) in [5.74, 6) is 0.203. The number of carbonyl (C=O) groups excluding carboxylic acids is 1. The van der Waals surface area contributed by atoms with Crippen LogP contribution in [-0.4, -0.2) is 50.9 Å². The molecule has 1 aliphatic heterocycles. The molecular weight excluding hydrogens is 444 g/mol. The zero-order valence-corrected chi connectivity index (χ0v) is 20.6. The highest BCUT2D eigenvalue weighted by atomic mass is 32.1. The lowest BCUT2D eigenvalue weighted by Gasteiger charge is -2.27. The maximum atomic E-state index is 12.6. The van der Waals surface area contributed by atoms with Crippen LogP contribution in [0.15, 0.2) is 48.1 Å². The first kappa shape index (κ1) is 22.6. The molecule has 0 atom stereocenters. The fourth-order valence-corrected chi connectivity index (χ4v) is 4.96. The van der Waals surface area contributed by atoms with Crippen molar-refractivity contribution in [3.05, 3.63) is 53.8 Å². The van der Waals surface area contributed by atoms with Gasteiger partial charge in [0.05, 0.1) is 21.4 Å². The fourth-order valence-electron chi connectivity index (χ4n) is 4.24. The molecule has 4 aromatic rings. The summed E-state index contributed by atoms with van der Waals surface area (Å²) in [6.07, 6.45) is 5.33. The van der Waals surface area contributed by atoms with E-state index in [1.54, 1.807) is 11.3 Å². The lowest BCUT2D eigenvalue weighted by atomic mass is 10.0. The highest BCUT2D eigenvalue weighted by Crippen LogP contribution is 2.31. The van der Waals surface area contributed by atoms with E-state index in [0.29, 0.717) is 19.5 Å². The molecule has 0 spiro atoms. The number of amides is 1. The molecule has 5 rings (SSSR count). The van der Waals surface area contributed by atoms with Crippen molar-refractivity contribution >= 4 is 55.4 Å². The van der Waals surface area contributed by atoms with Gasteiger partial charge in [0.15, 0.2) is 0 Å². The van der Waals surface area contributed by atoms with Gasteiger partial charge in [-0.2, -0.15) is 0 Å². The third kappa shape index (κ3) is 4.98. The van der Waals surface area contributed by atoms with E-state index in [9.17, 15) is 4.79 Å². The van der Waals surface area contributed by atoms with Gasteiger partial charge < -0.3 is 20.5 Å². The first-order valence-electron chi connectivity index (χ1n) is 11.7. The standard InChI is InChI=1S/C26H30N6OS/c1-26(2,3)29-11-7-24(33)32-12-8-17(9-13-32)22-15-19-20(6-10-27-25(19)31-22)30-18-4-5-21-23(14-18)34-16-28-21/h4-6,8,10,14-16,29H,7,9,11-13H2,1-3H3,(H2,27,30,31). The number of hydrogen-bond donors (Lipinski definition) is 3. The zero-order chi connectivity index (χ0) is 23.7. The lowest BCUT2D eigenvalue weighted by molar-refractivity contribution is -0.130. The van der Waals surface area contributed by atoms with Crippen molar-refractivity contribution in [3.8, 4) is 0 Å². The average molecular weight is 475 g/mol. The van der Waals surface area contributed by atoms with E-state index in [1.165, 1.54) is 5.57 Å². The van der Waals surface area contributed by atoms with Gasteiger partial charge >= 0.3 is 0 Å². The summed E-state index contributed by atoms with van der Waals surface area (Å²) in [7, 11) is 0. The molecule has 1 amide bonds. The van der Waals surface area contributed by atoms with Gasteiger partial charge in [0.25, 0.3) is 0 Å². The molecule has 8 heteroatoms. The van der Waals surface area contributed by atoms with Gasteiger partial charge in [0.1, 0.15) is 5.65 Å². The van der Waals surface area contributed by atoms with E-state index in [0.717, 1.165) is 51.3 Å². The van der Waals surface area contributed by atoms with Gasteiger partial charge in [-0.15, -0.1) is 11.3 Å². The Morgan fingerprint density at radius 2 is 2.09 bits per heavy atom. The minimum absolute atomic E-state index is 0.0283. The number of pyridine rings is 1. The van der Waals surface area contributed by atoms with E-state index >= 15 is 0 Å². The molecule has 0 radical (unpaired) electrons. The van der Waals surface area contributed by atoms with Crippen molar-refractivity contribution in [2.24, 2.45) is 0 Å². The first-order valence-corrected chi connectivity index (χ1v) is 12.5. The third-order valence-electron chi connectivity index (χ3n) is 6.04. The zero-order valence-electron chi connectivity index (χ0n) is 19.8. The molecular formula is C26H30N6OS. The molecule has 0 fully saturated rings. The van der Waals surface area contributed by atoms with Crippen LogP contribution in [0, 0.1) is 0 Å². The quantitative estimate of drug-likeness (QED) is 0.353. The molecule has 0 aliphatic carbocycles. The van der Waals surface area contributed by atoms with Crippen LogP contribution in [0.4, 0.5) is 11.4 Å². The summed E-state index contributed by atoms with van der Waals surface area (Å²) in [4.78, 5) is 26.9. The van der Waals surface area contributed by atoms with Crippen LogP contribution in [0.25, 0.3) is 26.8 Å².